The van der Waals surface area contributed by atoms with E-state index in [1.165, 1.54) is 5.57 Å². The second kappa shape index (κ2) is 3.15. The average molecular weight is 163 g/mol. The van der Waals surface area contributed by atoms with E-state index in [0.29, 0.717) is 5.92 Å². The molecule has 0 saturated carbocycles. The van der Waals surface area contributed by atoms with Gasteiger partial charge >= 0.3 is 0 Å². The van der Waals surface area contributed by atoms with Crippen molar-refractivity contribution in [3.8, 4) is 0 Å². The zero-order valence-electron chi connectivity index (χ0n) is 7.21. The Kier molecular flexibility index (Phi) is 2.00. The van der Waals surface area contributed by atoms with Gasteiger partial charge in [0.2, 0.25) is 0 Å². The smallest absolute Gasteiger partial charge is 0.110 e. The number of hydrogen-bond acceptors (Lipinski definition) is 2. The van der Waals surface area contributed by atoms with Crippen molar-refractivity contribution in [3.05, 3.63) is 35.8 Å². The van der Waals surface area contributed by atoms with Gasteiger partial charge in [-0.3, -0.25) is 0 Å². The van der Waals surface area contributed by atoms with Gasteiger partial charge in [0, 0.05) is 12.5 Å². The van der Waals surface area contributed by atoms with Gasteiger partial charge in [0.05, 0.1) is 6.26 Å². The van der Waals surface area contributed by atoms with Crippen LogP contribution in [0.15, 0.2) is 35.8 Å². The first kappa shape index (κ1) is 7.62. The van der Waals surface area contributed by atoms with Gasteiger partial charge in [-0.1, -0.05) is 11.6 Å². The first-order valence-corrected chi connectivity index (χ1v) is 4.27. The summed E-state index contributed by atoms with van der Waals surface area (Å²) >= 11 is 0. The zero-order valence-corrected chi connectivity index (χ0v) is 7.21. The lowest BCUT2D eigenvalue weighted by molar-refractivity contribution is 0.339. The molecule has 0 bridgehead atoms. The third-order valence-corrected chi connectivity index (χ3v) is 2.25. The third-order valence-electron chi connectivity index (χ3n) is 2.25. The molecule has 0 amide bonds. The summed E-state index contributed by atoms with van der Waals surface area (Å²) in [5, 5.41) is 3.15. The minimum absolute atomic E-state index is 0.498. The second-order valence-corrected chi connectivity index (χ2v) is 3.18. The second-order valence-electron chi connectivity index (χ2n) is 3.18. The van der Waals surface area contributed by atoms with E-state index < -0.39 is 0 Å². The molecule has 1 N–H and O–H groups in total. The molecule has 0 radical (unpaired) electrons. The van der Waals surface area contributed by atoms with E-state index in [-0.39, 0.29) is 0 Å². The number of hydrogen-bond donors (Lipinski definition) is 1. The summed E-state index contributed by atoms with van der Waals surface area (Å²) in [5.74, 6) is 1.59. The number of likely N-dealkylation sites (N-methyl/N-ethyl adjacent to an activating group) is 1. The van der Waals surface area contributed by atoms with E-state index in [1.54, 1.807) is 6.26 Å². The van der Waals surface area contributed by atoms with Crippen LogP contribution in [-0.4, -0.2) is 13.6 Å². The van der Waals surface area contributed by atoms with Gasteiger partial charge in [-0.15, -0.1) is 0 Å². The average Bonchev–Trinajstić information content (AvgIpc) is 2.51. The lowest BCUT2D eigenvalue weighted by Crippen LogP contribution is -2.14. The molecule has 1 aliphatic carbocycles. The van der Waals surface area contributed by atoms with Crippen molar-refractivity contribution in [3.63, 3.8) is 0 Å². The fourth-order valence-corrected chi connectivity index (χ4v) is 1.64. The minimum atomic E-state index is 0.498. The van der Waals surface area contributed by atoms with Gasteiger partial charge in [-0.25, -0.2) is 0 Å². The molecule has 0 aromatic rings. The number of nitrogens with one attached hydrogen (secondary N) is 1. The Labute approximate surface area is 72.6 Å². The van der Waals surface area contributed by atoms with E-state index >= 15 is 0 Å². The fourth-order valence-electron chi connectivity index (χ4n) is 1.64. The highest BCUT2D eigenvalue weighted by Crippen LogP contribution is 2.30. The minimum Gasteiger partial charge on any atom is -0.469 e. The maximum atomic E-state index is 5.30. The molecule has 2 rings (SSSR count). The van der Waals surface area contributed by atoms with Gasteiger partial charge in [0.1, 0.15) is 5.76 Å². The molecule has 0 fully saturated rings. The Bertz CT molecular complexity index is 263. The predicted molar refractivity (Wildman–Crippen MR) is 48.4 cm³/mol. The topological polar surface area (TPSA) is 21.3 Å². The maximum Gasteiger partial charge on any atom is 0.110 e. The van der Waals surface area contributed by atoms with E-state index in [2.05, 4.69) is 23.5 Å². The van der Waals surface area contributed by atoms with Crippen molar-refractivity contribution in [1.29, 1.82) is 0 Å². The standard InChI is InChI=1S/C10H13NO/c1-11-7-8-2-3-10-9(6-8)4-5-12-10/h2-5,9,11H,6-7H2,1H3. The number of fused-ring (bicyclic) bond motifs is 1. The molecule has 1 heterocycles. The Hall–Kier alpha value is -1.02. The summed E-state index contributed by atoms with van der Waals surface area (Å²) in [6.45, 7) is 0.980. The van der Waals surface area contributed by atoms with Crippen molar-refractivity contribution in [1.82, 2.24) is 5.32 Å². The van der Waals surface area contributed by atoms with Crippen molar-refractivity contribution in [2.24, 2.45) is 5.92 Å². The number of ether oxygens (including phenoxy) is 1. The molecule has 0 spiro atoms. The number of rotatable bonds is 2. The molecule has 2 aliphatic rings. The summed E-state index contributed by atoms with van der Waals surface area (Å²) in [7, 11) is 1.97. The summed E-state index contributed by atoms with van der Waals surface area (Å²) < 4.78 is 5.30. The lowest BCUT2D eigenvalue weighted by Gasteiger charge is -2.16. The fraction of sp³-hybridized carbons (Fsp3) is 0.400. The van der Waals surface area contributed by atoms with Gasteiger partial charge in [-0.2, -0.15) is 0 Å². The summed E-state index contributed by atoms with van der Waals surface area (Å²) in [6, 6.07) is 0. The molecule has 1 unspecified atom stereocenters. The Morgan fingerprint density at radius 1 is 1.58 bits per heavy atom. The molecule has 1 aliphatic heterocycles. The Morgan fingerprint density at radius 3 is 3.33 bits per heavy atom. The highest BCUT2D eigenvalue weighted by Gasteiger charge is 2.21. The monoisotopic (exact) mass is 163 g/mol. The Morgan fingerprint density at radius 2 is 2.50 bits per heavy atom. The third kappa shape index (κ3) is 1.30. The van der Waals surface area contributed by atoms with Crippen LogP contribution in [0.4, 0.5) is 0 Å². The van der Waals surface area contributed by atoms with Crippen LogP contribution in [0, 0.1) is 5.92 Å². The van der Waals surface area contributed by atoms with E-state index in [4.69, 9.17) is 4.74 Å². The van der Waals surface area contributed by atoms with E-state index in [9.17, 15) is 0 Å². The summed E-state index contributed by atoms with van der Waals surface area (Å²) in [5.41, 5.74) is 1.45. The van der Waals surface area contributed by atoms with Crippen LogP contribution in [0.25, 0.3) is 0 Å². The van der Waals surface area contributed by atoms with Crippen LogP contribution in [0.1, 0.15) is 6.42 Å². The molecular formula is C10H13NO. The molecule has 0 aromatic heterocycles. The van der Waals surface area contributed by atoms with Gasteiger partial charge in [0.25, 0.3) is 0 Å². The Balaban J connectivity index is 2.09. The highest BCUT2D eigenvalue weighted by atomic mass is 16.5. The normalized spacial score (nSPS) is 25.9. The van der Waals surface area contributed by atoms with Crippen molar-refractivity contribution < 1.29 is 4.74 Å². The van der Waals surface area contributed by atoms with Crippen LogP contribution in [-0.2, 0) is 4.74 Å². The van der Waals surface area contributed by atoms with Crippen LogP contribution >= 0.6 is 0 Å². The maximum absolute atomic E-state index is 5.30. The van der Waals surface area contributed by atoms with Crippen molar-refractivity contribution in [2.75, 3.05) is 13.6 Å². The quantitative estimate of drug-likeness (QED) is 0.667. The van der Waals surface area contributed by atoms with Crippen LogP contribution in [0.3, 0.4) is 0 Å². The molecule has 0 aromatic carbocycles. The van der Waals surface area contributed by atoms with Gasteiger partial charge in [-0.05, 0) is 25.6 Å². The van der Waals surface area contributed by atoms with Gasteiger partial charge in [0.15, 0.2) is 0 Å². The first-order chi connectivity index (χ1) is 5.90. The first-order valence-electron chi connectivity index (χ1n) is 4.27. The molecule has 0 saturated heterocycles. The van der Waals surface area contributed by atoms with E-state index in [1.807, 2.05) is 7.05 Å². The summed E-state index contributed by atoms with van der Waals surface area (Å²) in [4.78, 5) is 0. The summed E-state index contributed by atoms with van der Waals surface area (Å²) in [6.07, 6.45) is 9.22. The molecule has 64 valence electrons. The van der Waals surface area contributed by atoms with Crippen LogP contribution < -0.4 is 5.32 Å². The largest absolute Gasteiger partial charge is 0.469 e. The molecule has 2 nitrogen and oxygen atoms in total. The van der Waals surface area contributed by atoms with Crippen LogP contribution in [0.5, 0.6) is 0 Å². The molecule has 12 heavy (non-hydrogen) atoms. The highest BCUT2D eigenvalue weighted by molar-refractivity contribution is 5.29. The lowest BCUT2D eigenvalue weighted by atomic mass is 9.93. The van der Waals surface area contributed by atoms with E-state index in [0.717, 1.165) is 18.7 Å². The van der Waals surface area contributed by atoms with Crippen LogP contribution in [0.2, 0.25) is 0 Å². The zero-order chi connectivity index (χ0) is 8.39. The van der Waals surface area contributed by atoms with Gasteiger partial charge < -0.3 is 10.1 Å². The SMILES string of the molecule is CNCC1=CC=C2OC=CC2C1. The molecular weight excluding hydrogens is 150 g/mol. The predicted octanol–water partition coefficient (Wildman–Crippen LogP) is 1.58. The van der Waals surface area contributed by atoms with Crippen molar-refractivity contribution in [2.45, 2.75) is 6.42 Å². The number of allylic oxidation sites excluding steroid dienone is 3. The molecule has 1 atom stereocenters. The van der Waals surface area contributed by atoms with Crippen molar-refractivity contribution >= 4 is 0 Å². The molecule has 2 heteroatoms.